The average Bonchev–Trinajstić information content (AvgIpc) is 2.84. The fourth-order valence-electron chi connectivity index (χ4n) is 4.83. The minimum atomic E-state index is -0.0595. The minimum absolute atomic E-state index is 0.00883. The molecule has 0 spiro atoms. The van der Waals surface area contributed by atoms with Gasteiger partial charge in [-0.3, -0.25) is 19.1 Å². The second-order valence-corrected chi connectivity index (χ2v) is 9.74. The molecule has 1 aliphatic rings. The fourth-order valence-corrected chi connectivity index (χ4v) is 4.83. The highest BCUT2D eigenvalue weighted by molar-refractivity contribution is 5.75. The number of piperazine rings is 1. The number of nitrogens with one attached hydrogen (secondary N) is 1. The third-order valence-corrected chi connectivity index (χ3v) is 7.00. The molecule has 8 nitrogen and oxygen atoms in total. The molecule has 3 aromatic rings. The molecular formula is C27H36N6O2. The topological polar surface area (TPSA) is 83.4 Å². The molecular weight excluding hydrogens is 440 g/mol. The lowest BCUT2D eigenvalue weighted by Gasteiger charge is -2.43. The van der Waals surface area contributed by atoms with Crippen molar-refractivity contribution in [2.24, 2.45) is 5.92 Å². The van der Waals surface area contributed by atoms with E-state index < -0.39 is 0 Å². The van der Waals surface area contributed by atoms with Crippen LogP contribution < -0.4 is 10.9 Å². The summed E-state index contributed by atoms with van der Waals surface area (Å²) in [4.78, 5) is 37.5. The number of aromatic nitrogens is 3. The SMILES string of the molecule is CCn1c(=O)ccc2cnc(N[C@@H](C)c3ccc(CN4CCN(C(C)=O)C[C@H]4C(C)C)cc3)nc21. The first-order valence-electron chi connectivity index (χ1n) is 12.5. The van der Waals surface area contributed by atoms with Crippen molar-refractivity contribution in [2.45, 2.75) is 59.8 Å². The molecule has 186 valence electrons. The monoisotopic (exact) mass is 476 g/mol. The molecule has 4 rings (SSSR count). The van der Waals surface area contributed by atoms with Gasteiger partial charge in [0.25, 0.3) is 5.56 Å². The maximum atomic E-state index is 12.2. The van der Waals surface area contributed by atoms with E-state index in [4.69, 9.17) is 0 Å². The lowest BCUT2D eigenvalue weighted by atomic mass is 9.98. The van der Waals surface area contributed by atoms with Crippen LogP contribution in [0.5, 0.6) is 0 Å². The van der Waals surface area contributed by atoms with Gasteiger partial charge in [-0.15, -0.1) is 0 Å². The van der Waals surface area contributed by atoms with E-state index in [9.17, 15) is 9.59 Å². The van der Waals surface area contributed by atoms with Crippen molar-refractivity contribution in [1.29, 1.82) is 0 Å². The first kappa shape index (κ1) is 24.9. The van der Waals surface area contributed by atoms with Crippen LogP contribution in [0.3, 0.4) is 0 Å². The first-order valence-corrected chi connectivity index (χ1v) is 12.5. The van der Waals surface area contributed by atoms with E-state index >= 15 is 0 Å². The standard InChI is InChI=1S/C27H36N6O2/c1-6-33-25(35)12-11-23-15-28-27(30-26(23)33)29-19(4)22-9-7-21(8-10-22)16-32-14-13-31(20(5)34)17-24(32)18(2)3/h7-12,15,18-19,24H,6,13-14,16-17H2,1-5H3,(H,28,29,30)/t19-,24-/m0/s1. The van der Waals surface area contributed by atoms with Crippen molar-refractivity contribution >= 4 is 22.9 Å². The summed E-state index contributed by atoms with van der Waals surface area (Å²) in [6.45, 7) is 14.0. The first-order chi connectivity index (χ1) is 16.8. The Labute approximate surface area is 207 Å². The molecule has 1 saturated heterocycles. The van der Waals surface area contributed by atoms with Gasteiger partial charge in [0.2, 0.25) is 11.9 Å². The molecule has 3 heterocycles. The molecule has 8 heteroatoms. The van der Waals surface area contributed by atoms with Gasteiger partial charge in [-0.1, -0.05) is 38.1 Å². The Morgan fingerprint density at radius 1 is 1.11 bits per heavy atom. The number of nitrogens with zero attached hydrogens (tertiary/aromatic N) is 5. The number of hydrogen-bond acceptors (Lipinski definition) is 6. The van der Waals surface area contributed by atoms with Crippen LogP contribution >= 0.6 is 0 Å². The third kappa shape index (κ3) is 5.53. The Bertz CT molecular complexity index is 1240. The summed E-state index contributed by atoms with van der Waals surface area (Å²) in [5.41, 5.74) is 2.98. The van der Waals surface area contributed by atoms with Crippen molar-refractivity contribution in [1.82, 2.24) is 24.3 Å². The number of amides is 1. The lowest BCUT2D eigenvalue weighted by Crippen LogP contribution is -2.55. The smallest absolute Gasteiger partial charge is 0.252 e. The van der Waals surface area contributed by atoms with Gasteiger partial charge in [0, 0.05) is 63.3 Å². The van der Waals surface area contributed by atoms with Gasteiger partial charge in [0.05, 0.1) is 6.04 Å². The predicted molar refractivity (Wildman–Crippen MR) is 139 cm³/mol. The van der Waals surface area contributed by atoms with Gasteiger partial charge in [0.1, 0.15) is 5.65 Å². The molecule has 0 bridgehead atoms. The largest absolute Gasteiger partial charge is 0.348 e. The second kappa shape index (κ2) is 10.6. The van der Waals surface area contributed by atoms with Gasteiger partial charge >= 0.3 is 0 Å². The molecule has 1 aliphatic heterocycles. The third-order valence-electron chi connectivity index (χ3n) is 7.00. The number of pyridine rings is 1. The predicted octanol–water partition coefficient (Wildman–Crippen LogP) is 3.67. The highest BCUT2D eigenvalue weighted by Crippen LogP contribution is 2.23. The maximum absolute atomic E-state index is 12.2. The highest BCUT2D eigenvalue weighted by atomic mass is 16.2. The average molecular weight is 477 g/mol. The zero-order valence-electron chi connectivity index (χ0n) is 21.4. The van der Waals surface area contributed by atoms with Gasteiger partial charge in [-0.25, -0.2) is 4.98 Å². The number of rotatable bonds is 7. The zero-order chi connectivity index (χ0) is 25.1. The summed E-state index contributed by atoms with van der Waals surface area (Å²) in [6.07, 6.45) is 1.75. The Hall–Kier alpha value is -3.26. The number of carbonyl (C=O) groups excluding carboxylic acids is 1. The Balaban J connectivity index is 1.44. The molecule has 0 aliphatic carbocycles. The van der Waals surface area contributed by atoms with Crippen LogP contribution in [0, 0.1) is 5.92 Å². The molecule has 1 amide bonds. The zero-order valence-corrected chi connectivity index (χ0v) is 21.4. The molecule has 2 aromatic heterocycles. The molecule has 1 fully saturated rings. The number of carbonyl (C=O) groups is 1. The number of fused-ring (bicyclic) bond motifs is 1. The number of aryl methyl sites for hydroxylation is 1. The van der Waals surface area contributed by atoms with Crippen molar-refractivity contribution in [3.63, 3.8) is 0 Å². The molecule has 0 saturated carbocycles. The van der Waals surface area contributed by atoms with Crippen molar-refractivity contribution < 1.29 is 4.79 Å². The quantitative estimate of drug-likeness (QED) is 0.560. The van der Waals surface area contributed by atoms with Crippen LogP contribution in [0.2, 0.25) is 0 Å². The number of anilines is 1. The normalized spacial score (nSPS) is 17.7. The van der Waals surface area contributed by atoms with Gasteiger partial charge < -0.3 is 10.2 Å². The molecule has 1 N–H and O–H groups in total. The maximum Gasteiger partial charge on any atom is 0.252 e. The van der Waals surface area contributed by atoms with E-state index in [2.05, 4.69) is 65.2 Å². The van der Waals surface area contributed by atoms with E-state index in [1.165, 1.54) is 5.56 Å². The number of benzene rings is 1. The van der Waals surface area contributed by atoms with Crippen molar-refractivity contribution in [3.05, 3.63) is 64.1 Å². The van der Waals surface area contributed by atoms with Crippen LogP contribution in [0.15, 0.2) is 47.4 Å². The van der Waals surface area contributed by atoms with Crippen LogP contribution in [-0.2, 0) is 17.9 Å². The summed E-state index contributed by atoms with van der Waals surface area (Å²) >= 11 is 0. The second-order valence-electron chi connectivity index (χ2n) is 9.74. The summed E-state index contributed by atoms with van der Waals surface area (Å²) in [5, 5.41) is 4.22. The molecule has 0 radical (unpaired) electrons. The highest BCUT2D eigenvalue weighted by Gasteiger charge is 2.30. The summed E-state index contributed by atoms with van der Waals surface area (Å²) in [6, 6.07) is 12.3. The van der Waals surface area contributed by atoms with Crippen LogP contribution in [0.1, 0.15) is 51.8 Å². The number of hydrogen-bond donors (Lipinski definition) is 1. The van der Waals surface area contributed by atoms with Gasteiger partial charge in [0.15, 0.2) is 0 Å². The van der Waals surface area contributed by atoms with Crippen LogP contribution in [-0.4, -0.2) is 55.9 Å². The van der Waals surface area contributed by atoms with E-state index in [1.54, 1.807) is 29.8 Å². The lowest BCUT2D eigenvalue weighted by molar-refractivity contribution is -0.132. The molecule has 35 heavy (non-hydrogen) atoms. The van der Waals surface area contributed by atoms with Crippen LogP contribution in [0.25, 0.3) is 11.0 Å². The van der Waals surface area contributed by atoms with Crippen molar-refractivity contribution in [2.75, 3.05) is 25.0 Å². The van der Waals surface area contributed by atoms with E-state index in [1.807, 2.05) is 11.8 Å². The van der Waals surface area contributed by atoms with Crippen LogP contribution in [0.4, 0.5) is 5.95 Å². The van der Waals surface area contributed by atoms with Crippen molar-refractivity contribution in [3.8, 4) is 0 Å². The van der Waals surface area contributed by atoms with E-state index in [0.29, 0.717) is 30.1 Å². The molecule has 1 aromatic carbocycles. The minimum Gasteiger partial charge on any atom is -0.348 e. The van der Waals surface area contributed by atoms with E-state index in [-0.39, 0.29) is 17.5 Å². The van der Waals surface area contributed by atoms with Gasteiger partial charge in [-0.2, -0.15) is 4.98 Å². The molecule has 0 unspecified atom stereocenters. The summed E-state index contributed by atoms with van der Waals surface area (Å²) < 4.78 is 1.66. The van der Waals surface area contributed by atoms with Gasteiger partial charge in [-0.05, 0) is 37.0 Å². The molecule has 2 atom stereocenters. The Morgan fingerprint density at radius 2 is 1.86 bits per heavy atom. The summed E-state index contributed by atoms with van der Waals surface area (Å²) in [5.74, 6) is 1.14. The van der Waals surface area contributed by atoms with E-state index in [0.717, 1.165) is 37.1 Å². The Morgan fingerprint density at radius 3 is 2.51 bits per heavy atom. The fraction of sp³-hybridized carbons (Fsp3) is 0.481. The summed E-state index contributed by atoms with van der Waals surface area (Å²) in [7, 11) is 0. The Kier molecular flexibility index (Phi) is 7.50.